The van der Waals surface area contributed by atoms with Crippen molar-refractivity contribution in [1.29, 1.82) is 0 Å². The van der Waals surface area contributed by atoms with Gasteiger partial charge < -0.3 is 9.84 Å². The number of aliphatic hydroxyl groups is 1. The summed E-state index contributed by atoms with van der Waals surface area (Å²) in [6, 6.07) is 20.9. The van der Waals surface area contributed by atoms with Crippen LogP contribution >= 0.6 is 11.3 Å². The second-order valence-electron chi connectivity index (χ2n) is 7.74. The number of aliphatic hydroxyl groups excluding tert-OH is 1. The highest BCUT2D eigenvalue weighted by atomic mass is 32.1. The summed E-state index contributed by atoms with van der Waals surface area (Å²) in [7, 11) is 1.53. The molecule has 6 nitrogen and oxygen atoms in total. The Morgan fingerprint density at radius 2 is 1.76 bits per heavy atom. The molecule has 1 saturated heterocycles. The quantitative estimate of drug-likeness (QED) is 0.258. The maximum Gasteiger partial charge on any atom is 0.301 e. The van der Waals surface area contributed by atoms with E-state index in [4.69, 9.17) is 4.74 Å². The Kier molecular flexibility index (Phi) is 5.18. The van der Waals surface area contributed by atoms with E-state index in [0.29, 0.717) is 22.0 Å². The summed E-state index contributed by atoms with van der Waals surface area (Å²) in [5.74, 6) is -1.23. The van der Waals surface area contributed by atoms with Crippen LogP contribution in [0.2, 0.25) is 0 Å². The Bertz CT molecular complexity index is 1420. The van der Waals surface area contributed by atoms with Crippen LogP contribution in [-0.4, -0.2) is 28.9 Å². The number of methoxy groups -OCH3 is 1. The average molecular weight is 457 g/mol. The lowest BCUT2D eigenvalue weighted by Gasteiger charge is -2.24. The van der Waals surface area contributed by atoms with E-state index in [0.717, 1.165) is 15.8 Å². The van der Waals surface area contributed by atoms with Crippen LogP contribution in [0.4, 0.5) is 5.13 Å². The number of aryl methyl sites for hydroxylation is 1. The number of fused-ring (bicyclic) bond motifs is 1. The van der Waals surface area contributed by atoms with Gasteiger partial charge in [0.2, 0.25) is 0 Å². The first-order valence-corrected chi connectivity index (χ1v) is 11.2. The van der Waals surface area contributed by atoms with E-state index in [1.807, 2.05) is 43.3 Å². The molecule has 7 heteroatoms. The van der Waals surface area contributed by atoms with E-state index in [-0.39, 0.29) is 11.3 Å². The summed E-state index contributed by atoms with van der Waals surface area (Å²) in [6.07, 6.45) is 0. The van der Waals surface area contributed by atoms with E-state index in [9.17, 15) is 14.7 Å². The molecule has 0 bridgehead atoms. The van der Waals surface area contributed by atoms with Crippen LogP contribution in [0.3, 0.4) is 0 Å². The molecule has 0 saturated carbocycles. The van der Waals surface area contributed by atoms with E-state index in [2.05, 4.69) is 4.98 Å². The van der Waals surface area contributed by atoms with Gasteiger partial charge in [-0.2, -0.15) is 0 Å². The molecule has 1 amide bonds. The molecular weight excluding hydrogens is 436 g/mol. The molecule has 3 aromatic carbocycles. The van der Waals surface area contributed by atoms with Crippen molar-refractivity contribution in [2.45, 2.75) is 13.0 Å². The number of amides is 1. The molecule has 0 spiro atoms. The number of benzene rings is 3. The molecular formula is C26H20N2O4S. The molecule has 1 aliphatic heterocycles. The van der Waals surface area contributed by atoms with E-state index < -0.39 is 17.7 Å². The molecule has 164 valence electrons. The lowest BCUT2D eigenvalue weighted by Crippen LogP contribution is -2.29. The number of carbonyl (C=O) groups excluding carboxylic acids is 2. The minimum absolute atomic E-state index is 0.00568. The maximum atomic E-state index is 13.3. The number of Topliss-reactive ketones (excluding diaryl/α,β-unsaturated/α-hetero) is 1. The number of anilines is 1. The third-order valence-electron chi connectivity index (χ3n) is 5.66. The molecule has 1 atom stereocenters. The second-order valence-corrected chi connectivity index (χ2v) is 8.75. The molecule has 1 aromatic heterocycles. The molecule has 0 unspecified atom stereocenters. The van der Waals surface area contributed by atoms with Gasteiger partial charge in [0, 0.05) is 11.1 Å². The van der Waals surface area contributed by atoms with Crippen LogP contribution in [-0.2, 0) is 9.59 Å². The number of nitrogens with zero attached hydrogens (tertiary/aromatic N) is 2. The minimum atomic E-state index is -0.886. The van der Waals surface area contributed by atoms with Gasteiger partial charge in [-0.15, -0.1) is 0 Å². The first-order chi connectivity index (χ1) is 16.0. The van der Waals surface area contributed by atoms with Crippen molar-refractivity contribution < 1.29 is 19.4 Å². The van der Waals surface area contributed by atoms with Gasteiger partial charge in [-0.25, -0.2) is 4.98 Å². The van der Waals surface area contributed by atoms with Gasteiger partial charge in [0.05, 0.1) is 22.9 Å². The van der Waals surface area contributed by atoms with Crippen molar-refractivity contribution in [3.63, 3.8) is 0 Å². The summed E-state index contributed by atoms with van der Waals surface area (Å²) < 4.78 is 6.46. The third-order valence-corrected chi connectivity index (χ3v) is 6.68. The van der Waals surface area contributed by atoms with Crippen LogP contribution in [0.5, 0.6) is 5.75 Å². The Hall–Kier alpha value is -3.97. The highest BCUT2D eigenvalue weighted by Gasteiger charge is 2.49. The van der Waals surface area contributed by atoms with Crippen molar-refractivity contribution in [3.8, 4) is 5.75 Å². The molecule has 0 radical (unpaired) electrons. The number of aromatic nitrogens is 1. The van der Waals surface area contributed by atoms with Crippen LogP contribution in [0, 0.1) is 6.92 Å². The van der Waals surface area contributed by atoms with Gasteiger partial charge in [0.1, 0.15) is 17.6 Å². The predicted molar refractivity (Wildman–Crippen MR) is 129 cm³/mol. The van der Waals surface area contributed by atoms with Crippen molar-refractivity contribution in [2.24, 2.45) is 0 Å². The van der Waals surface area contributed by atoms with Crippen molar-refractivity contribution in [3.05, 3.63) is 95.1 Å². The first-order valence-electron chi connectivity index (χ1n) is 10.4. The van der Waals surface area contributed by atoms with E-state index in [1.54, 1.807) is 36.4 Å². The van der Waals surface area contributed by atoms with Crippen molar-refractivity contribution in [2.75, 3.05) is 12.0 Å². The van der Waals surface area contributed by atoms with Crippen LogP contribution in [0.25, 0.3) is 16.0 Å². The molecule has 33 heavy (non-hydrogen) atoms. The Balaban J connectivity index is 1.77. The van der Waals surface area contributed by atoms with Gasteiger partial charge in [0.15, 0.2) is 5.13 Å². The highest BCUT2D eigenvalue weighted by Crippen LogP contribution is 2.46. The molecule has 4 aromatic rings. The standard InChI is InChI=1S/C26H20N2O4S/c1-15-12-13-18-20(14-15)33-26(27-18)28-22(17-10-6-7-11-19(17)32-2)21(24(30)25(28)31)23(29)16-8-4-3-5-9-16/h3-14,22,29H,1-2H3/b23-21+/t22-/m1/s1. The zero-order valence-corrected chi connectivity index (χ0v) is 18.8. The SMILES string of the molecule is COc1ccccc1[C@@H]1/C(=C(\O)c2ccccc2)C(=O)C(=O)N1c1nc2ccc(C)cc2s1. The summed E-state index contributed by atoms with van der Waals surface area (Å²) in [5, 5.41) is 11.6. The number of hydrogen-bond donors (Lipinski definition) is 1. The molecule has 5 rings (SSSR count). The van der Waals surface area contributed by atoms with Gasteiger partial charge >= 0.3 is 5.91 Å². The Morgan fingerprint density at radius 1 is 1.03 bits per heavy atom. The van der Waals surface area contributed by atoms with Crippen molar-refractivity contribution in [1.82, 2.24) is 4.98 Å². The summed E-state index contributed by atoms with van der Waals surface area (Å²) in [6.45, 7) is 1.99. The molecule has 1 aliphatic rings. The van der Waals surface area contributed by atoms with Crippen LogP contribution < -0.4 is 9.64 Å². The van der Waals surface area contributed by atoms with Crippen LogP contribution in [0.1, 0.15) is 22.7 Å². The maximum absolute atomic E-state index is 13.3. The lowest BCUT2D eigenvalue weighted by atomic mass is 9.95. The Morgan fingerprint density at radius 3 is 2.52 bits per heavy atom. The zero-order chi connectivity index (χ0) is 23.1. The minimum Gasteiger partial charge on any atom is -0.507 e. The molecule has 0 aliphatic carbocycles. The fourth-order valence-electron chi connectivity index (χ4n) is 4.09. The number of para-hydroxylation sites is 1. The van der Waals surface area contributed by atoms with Crippen molar-refractivity contribution >= 4 is 44.1 Å². The molecule has 1 N–H and O–H groups in total. The fraction of sp³-hybridized carbons (Fsp3) is 0.115. The smallest absolute Gasteiger partial charge is 0.301 e. The van der Waals surface area contributed by atoms with Gasteiger partial charge in [-0.3, -0.25) is 14.5 Å². The van der Waals surface area contributed by atoms with E-state index >= 15 is 0 Å². The number of carbonyl (C=O) groups is 2. The topological polar surface area (TPSA) is 79.7 Å². The summed E-state index contributed by atoms with van der Waals surface area (Å²) in [5.41, 5.74) is 2.86. The number of ketones is 1. The van der Waals surface area contributed by atoms with Gasteiger partial charge in [-0.05, 0) is 30.7 Å². The van der Waals surface area contributed by atoms with Crippen LogP contribution in [0.15, 0.2) is 78.4 Å². The number of ether oxygens (including phenoxy) is 1. The number of hydrogen-bond acceptors (Lipinski definition) is 6. The van der Waals surface area contributed by atoms with E-state index in [1.165, 1.54) is 23.3 Å². The lowest BCUT2D eigenvalue weighted by molar-refractivity contribution is -0.132. The average Bonchev–Trinajstić information content (AvgIpc) is 3.36. The highest BCUT2D eigenvalue weighted by molar-refractivity contribution is 7.22. The predicted octanol–water partition coefficient (Wildman–Crippen LogP) is 5.24. The monoisotopic (exact) mass is 456 g/mol. The number of rotatable bonds is 4. The first kappa shape index (κ1) is 20.9. The zero-order valence-electron chi connectivity index (χ0n) is 18.0. The third kappa shape index (κ3) is 3.47. The molecule has 1 fully saturated rings. The normalized spacial score (nSPS) is 17.6. The molecule has 2 heterocycles. The largest absolute Gasteiger partial charge is 0.507 e. The summed E-state index contributed by atoms with van der Waals surface area (Å²) in [4.78, 5) is 32.6. The summed E-state index contributed by atoms with van der Waals surface area (Å²) >= 11 is 1.33. The fourth-order valence-corrected chi connectivity index (χ4v) is 5.18. The number of thiazole rings is 1. The van der Waals surface area contributed by atoms with Gasteiger partial charge in [0.25, 0.3) is 5.78 Å². The van der Waals surface area contributed by atoms with Gasteiger partial charge in [-0.1, -0.05) is 65.9 Å². The Labute approximate surface area is 194 Å². The second kappa shape index (κ2) is 8.18.